The van der Waals surface area contributed by atoms with Gasteiger partial charge in [0.05, 0.1) is 5.56 Å². The molecule has 3 aromatic rings. The van der Waals surface area contributed by atoms with E-state index in [1.54, 1.807) is 6.20 Å². The van der Waals surface area contributed by atoms with E-state index in [-0.39, 0.29) is 5.91 Å². The third-order valence-electron chi connectivity index (χ3n) is 4.25. The van der Waals surface area contributed by atoms with Crippen molar-refractivity contribution in [3.05, 3.63) is 89.2 Å². The van der Waals surface area contributed by atoms with E-state index in [4.69, 9.17) is 0 Å². The first-order valence-electron chi connectivity index (χ1n) is 8.48. The number of nitrogens with zero attached hydrogens (tertiary/aromatic N) is 1. The maximum atomic E-state index is 12.4. The molecule has 0 spiro atoms. The summed E-state index contributed by atoms with van der Waals surface area (Å²) in [6.07, 6.45) is 4.24. The van der Waals surface area contributed by atoms with Crippen LogP contribution in [0.15, 0.2) is 67.0 Å². The molecule has 2 aromatic carbocycles. The van der Waals surface area contributed by atoms with Crippen LogP contribution >= 0.6 is 0 Å². The Bertz CT molecular complexity index is 872. The number of pyridine rings is 1. The Morgan fingerprint density at radius 1 is 1.00 bits per heavy atom. The number of benzene rings is 2. The monoisotopic (exact) mass is 330 g/mol. The number of rotatable bonds is 5. The van der Waals surface area contributed by atoms with E-state index in [1.165, 1.54) is 16.7 Å². The zero-order valence-corrected chi connectivity index (χ0v) is 14.6. The molecule has 1 aromatic heterocycles. The molecule has 0 aliphatic heterocycles. The lowest BCUT2D eigenvalue weighted by Crippen LogP contribution is -2.25. The van der Waals surface area contributed by atoms with E-state index >= 15 is 0 Å². The molecule has 0 aliphatic carbocycles. The number of carbonyl (C=O) groups is 1. The summed E-state index contributed by atoms with van der Waals surface area (Å²) < 4.78 is 0. The van der Waals surface area contributed by atoms with Crippen molar-refractivity contribution in [2.75, 3.05) is 6.54 Å². The van der Waals surface area contributed by atoms with Crippen LogP contribution in [-0.2, 0) is 6.42 Å². The summed E-state index contributed by atoms with van der Waals surface area (Å²) in [5.41, 5.74) is 6.26. The molecule has 1 heterocycles. The van der Waals surface area contributed by atoms with Crippen LogP contribution in [0.5, 0.6) is 0 Å². The van der Waals surface area contributed by atoms with E-state index in [2.05, 4.69) is 54.5 Å². The normalized spacial score (nSPS) is 10.5. The minimum atomic E-state index is -0.0874. The third-order valence-corrected chi connectivity index (χ3v) is 4.25. The van der Waals surface area contributed by atoms with E-state index in [0.717, 1.165) is 17.5 Å². The molecular weight excluding hydrogens is 308 g/mol. The first-order valence-corrected chi connectivity index (χ1v) is 8.48. The topological polar surface area (TPSA) is 42.0 Å². The van der Waals surface area contributed by atoms with Crippen LogP contribution in [0.25, 0.3) is 11.1 Å². The van der Waals surface area contributed by atoms with Crippen molar-refractivity contribution >= 4 is 5.91 Å². The molecule has 3 heteroatoms. The number of amides is 1. The summed E-state index contributed by atoms with van der Waals surface area (Å²) in [4.78, 5) is 16.7. The molecular formula is C22H22N2O. The van der Waals surface area contributed by atoms with Gasteiger partial charge in [0.1, 0.15) is 0 Å². The molecule has 0 aliphatic rings. The summed E-state index contributed by atoms with van der Waals surface area (Å²) >= 11 is 0. The Hall–Kier alpha value is -2.94. The van der Waals surface area contributed by atoms with Gasteiger partial charge in [0.2, 0.25) is 0 Å². The Labute approximate surface area is 148 Å². The number of aromatic nitrogens is 1. The first-order chi connectivity index (χ1) is 12.1. The predicted octanol–water partition coefficient (Wildman–Crippen LogP) is 4.34. The Morgan fingerprint density at radius 2 is 1.80 bits per heavy atom. The average Bonchev–Trinajstić information content (AvgIpc) is 2.64. The molecule has 0 saturated carbocycles. The minimum Gasteiger partial charge on any atom is -0.352 e. The number of aryl methyl sites for hydroxylation is 2. The fourth-order valence-corrected chi connectivity index (χ4v) is 2.83. The maximum absolute atomic E-state index is 12.4. The Kier molecular flexibility index (Phi) is 5.24. The summed E-state index contributed by atoms with van der Waals surface area (Å²) in [7, 11) is 0. The quantitative estimate of drug-likeness (QED) is 0.756. The molecule has 0 atom stereocenters. The van der Waals surface area contributed by atoms with Gasteiger partial charge in [0.25, 0.3) is 5.91 Å². The lowest BCUT2D eigenvalue weighted by Gasteiger charge is -2.09. The van der Waals surface area contributed by atoms with E-state index in [0.29, 0.717) is 12.1 Å². The molecule has 1 amide bonds. The predicted molar refractivity (Wildman–Crippen MR) is 102 cm³/mol. The molecule has 0 saturated heterocycles. The second-order valence-corrected chi connectivity index (χ2v) is 6.27. The third kappa shape index (κ3) is 4.32. The molecule has 3 rings (SSSR count). The highest BCUT2D eigenvalue weighted by atomic mass is 16.1. The number of nitrogens with one attached hydrogen (secondary N) is 1. The van der Waals surface area contributed by atoms with E-state index in [1.807, 2.05) is 30.5 Å². The van der Waals surface area contributed by atoms with Crippen LogP contribution in [0.4, 0.5) is 0 Å². The number of hydrogen-bond acceptors (Lipinski definition) is 2. The van der Waals surface area contributed by atoms with Gasteiger partial charge in [-0.3, -0.25) is 9.78 Å². The van der Waals surface area contributed by atoms with Gasteiger partial charge in [0, 0.05) is 24.5 Å². The van der Waals surface area contributed by atoms with Crippen molar-refractivity contribution < 1.29 is 4.79 Å². The summed E-state index contributed by atoms with van der Waals surface area (Å²) in [5, 5.41) is 2.97. The molecule has 3 nitrogen and oxygen atoms in total. The van der Waals surface area contributed by atoms with Gasteiger partial charge >= 0.3 is 0 Å². The van der Waals surface area contributed by atoms with Crippen molar-refractivity contribution in [1.82, 2.24) is 10.3 Å². The lowest BCUT2D eigenvalue weighted by atomic mass is 9.99. The highest BCUT2D eigenvalue weighted by Gasteiger charge is 2.09. The summed E-state index contributed by atoms with van der Waals surface area (Å²) in [6, 6.07) is 18.4. The zero-order valence-electron chi connectivity index (χ0n) is 14.6. The van der Waals surface area contributed by atoms with Crippen LogP contribution in [0, 0.1) is 13.8 Å². The number of hydrogen-bond donors (Lipinski definition) is 1. The van der Waals surface area contributed by atoms with E-state index < -0.39 is 0 Å². The smallest absolute Gasteiger partial charge is 0.252 e. The van der Waals surface area contributed by atoms with Crippen LogP contribution in [0.1, 0.15) is 27.0 Å². The van der Waals surface area contributed by atoms with Gasteiger partial charge < -0.3 is 5.32 Å². The van der Waals surface area contributed by atoms with Crippen molar-refractivity contribution in [2.24, 2.45) is 0 Å². The second kappa shape index (κ2) is 7.75. The van der Waals surface area contributed by atoms with Crippen molar-refractivity contribution in [3.8, 4) is 11.1 Å². The summed E-state index contributed by atoms with van der Waals surface area (Å²) in [6.45, 7) is 4.74. The van der Waals surface area contributed by atoms with Crippen molar-refractivity contribution in [3.63, 3.8) is 0 Å². The highest BCUT2D eigenvalue weighted by Crippen LogP contribution is 2.24. The van der Waals surface area contributed by atoms with Crippen LogP contribution < -0.4 is 5.32 Å². The minimum absolute atomic E-state index is 0.0874. The molecule has 1 N–H and O–H groups in total. The maximum Gasteiger partial charge on any atom is 0.252 e. The second-order valence-electron chi connectivity index (χ2n) is 6.27. The van der Waals surface area contributed by atoms with Crippen LogP contribution in [0.2, 0.25) is 0 Å². The zero-order chi connectivity index (χ0) is 17.6. The van der Waals surface area contributed by atoms with Crippen LogP contribution in [0.3, 0.4) is 0 Å². The van der Waals surface area contributed by atoms with Gasteiger partial charge in [-0.2, -0.15) is 0 Å². The van der Waals surface area contributed by atoms with Crippen molar-refractivity contribution in [1.29, 1.82) is 0 Å². The summed E-state index contributed by atoms with van der Waals surface area (Å²) in [5.74, 6) is -0.0874. The molecule has 25 heavy (non-hydrogen) atoms. The largest absolute Gasteiger partial charge is 0.352 e. The molecule has 0 radical (unpaired) electrons. The highest BCUT2D eigenvalue weighted by molar-refractivity contribution is 5.95. The fourth-order valence-electron chi connectivity index (χ4n) is 2.83. The molecule has 0 fully saturated rings. The standard InChI is InChI=1S/C22H22N2O/c1-16-8-9-17(2)21(12-16)19-13-20(15-23-14-19)22(25)24-11-10-18-6-4-3-5-7-18/h3-9,12-15H,10-11H2,1-2H3,(H,24,25). The van der Waals surface area contributed by atoms with Crippen molar-refractivity contribution in [2.45, 2.75) is 20.3 Å². The van der Waals surface area contributed by atoms with Gasteiger partial charge in [-0.1, -0.05) is 54.1 Å². The van der Waals surface area contributed by atoms with Gasteiger partial charge in [-0.15, -0.1) is 0 Å². The first kappa shape index (κ1) is 16.9. The average molecular weight is 330 g/mol. The lowest BCUT2D eigenvalue weighted by molar-refractivity contribution is 0.0954. The van der Waals surface area contributed by atoms with Gasteiger partial charge in [-0.05, 0) is 43.0 Å². The number of carbonyl (C=O) groups excluding carboxylic acids is 1. The molecule has 0 unspecified atom stereocenters. The Balaban J connectivity index is 1.70. The molecule has 126 valence electrons. The Morgan fingerprint density at radius 3 is 2.60 bits per heavy atom. The fraction of sp³-hybridized carbons (Fsp3) is 0.182. The van der Waals surface area contributed by atoms with Gasteiger partial charge in [0.15, 0.2) is 0 Å². The SMILES string of the molecule is Cc1ccc(C)c(-c2cncc(C(=O)NCCc3ccccc3)c2)c1. The van der Waals surface area contributed by atoms with Gasteiger partial charge in [-0.25, -0.2) is 0 Å². The molecule has 0 bridgehead atoms. The van der Waals surface area contributed by atoms with E-state index in [9.17, 15) is 4.79 Å². The van der Waals surface area contributed by atoms with Crippen LogP contribution in [-0.4, -0.2) is 17.4 Å².